The molecule has 1 aromatic carbocycles. The van der Waals surface area contributed by atoms with E-state index in [0.717, 1.165) is 11.3 Å². The molecule has 0 aliphatic heterocycles. The van der Waals surface area contributed by atoms with Crippen molar-refractivity contribution in [2.45, 2.75) is 20.4 Å². The minimum absolute atomic E-state index is 0.179. The third-order valence-corrected chi connectivity index (χ3v) is 2.89. The zero-order chi connectivity index (χ0) is 15.2. The van der Waals surface area contributed by atoms with E-state index < -0.39 is 0 Å². The molecule has 0 atom stereocenters. The van der Waals surface area contributed by atoms with Gasteiger partial charge in [0.1, 0.15) is 5.69 Å². The fourth-order valence-electron chi connectivity index (χ4n) is 1.99. The maximum Gasteiger partial charge on any atom is 0.273 e. The van der Waals surface area contributed by atoms with Gasteiger partial charge in [-0.1, -0.05) is 17.9 Å². The molecule has 0 aliphatic rings. The van der Waals surface area contributed by atoms with Gasteiger partial charge in [0.05, 0.1) is 12.2 Å². The molecule has 0 aliphatic carbocycles. The number of aromatic nitrogens is 2. The van der Waals surface area contributed by atoms with Gasteiger partial charge in [-0.25, -0.2) is 0 Å². The lowest BCUT2D eigenvalue weighted by atomic mass is 10.2. The van der Waals surface area contributed by atoms with Crippen molar-refractivity contribution in [2.24, 2.45) is 5.73 Å². The summed E-state index contributed by atoms with van der Waals surface area (Å²) in [5, 5.41) is 7.13. The predicted molar refractivity (Wildman–Crippen MR) is 83.0 cm³/mol. The summed E-state index contributed by atoms with van der Waals surface area (Å²) in [4.78, 5) is 12.3. The first-order valence-corrected chi connectivity index (χ1v) is 6.79. The normalized spacial score (nSPS) is 9.86. The average Bonchev–Trinajstić information content (AvgIpc) is 2.87. The van der Waals surface area contributed by atoms with Crippen LogP contribution in [-0.2, 0) is 6.54 Å². The topological polar surface area (TPSA) is 72.9 Å². The van der Waals surface area contributed by atoms with Crippen molar-refractivity contribution < 1.29 is 4.79 Å². The SMILES string of the molecule is CCn1nc(C)cc1C(=O)Nc1cccc(C#CCN)c1. The van der Waals surface area contributed by atoms with Gasteiger partial charge >= 0.3 is 0 Å². The van der Waals surface area contributed by atoms with Gasteiger partial charge in [-0.05, 0) is 38.1 Å². The number of nitrogens with two attached hydrogens (primary N) is 1. The van der Waals surface area contributed by atoms with E-state index in [1.165, 1.54) is 0 Å². The molecule has 3 N–H and O–H groups in total. The molecule has 0 spiro atoms. The second-order valence-corrected chi connectivity index (χ2v) is 4.53. The van der Waals surface area contributed by atoms with Crippen molar-refractivity contribution >= 4 is 11.6 Å². The smallest absolute Gasteiger partial charge is 0.273 e. The van der Waals surface area contributed by atoms with Gasteiger partial charge in [0.15, 0.2) is 0 Å². The van der Waals surface area contributed by atoms with Gasteiger partial charge in [-0.3, -0.25) is 9.48 Å². The molecule has 2 rings (SSSR count). The van der Waals surface area contributed by atoms with Crippen LogP contribution in [0.1, 0.15) is 28.7 Å². The fraction of sp³-hybridized carbons (Fsp3) is 0.250. The highest BCUT2D eigenvalue weighted by Gasteiger charge is 2.13. The Morgan fingerprint density at radius 3 is 2.95 bits per heavy atom. The summed E-state index contributed by atoms with van der Waals surface area (Å²) in [6, 6.07) is 9.14. The van der Waals surface area contributed by atoms with Gasteiger partial charge in [0, 0.05) is 17.8 Å². The molecule has 0 fully saturated rings. The quantitative estimate of drug-likeness (QED) is 0.843. The molecule has 0 bridgehead atoms. The van der Waals surface area contributed by atoms with Gasteiger partial charge in [0.25, 0.3) is 5.91 Å². The summed E-state index contributed by atoms with van der Waals surface area (Å²) in [7, 11) is 0. The number of rotatable bonds is 3. The first-order valence-electron chi connectivity index (χ1n) is 6.79. The number of nitrogens with one attached hydrogen (secondary N) is 1. The molecule has 2 aromatic rings. The van der Waals surface area contributed by atoms with Crippen LogP contribution >= 0.6 is 0 Å². The molecule has 1 heterocycles. The Hall–Kier alpha value is -2.58. The number of carbonyl (C=O) groups is 1. The Kier molecular flexibility index (Phi) is 4.75. The van der Waals surface area contributed by atoms with E-state index in [1.54, 1.807) is 10.7 Å². The number of aryl methyl sites for hydroxylation is 2. The fourth-order valence-corrected chi connectivity index (χ4v) is 1.99. The van der Waals surface area contributed by atoms with E-state index in [9.17, 15) is 4.79 Å². The van der Waals surface area contributed by atoms with Gasteiger partial charge in [-0.15, -0.1) is 0 Å². The zero-order valence-corrected chi connectivity index (χ0v) is 12.2. The molecule has 0 radical (unpaired) electrons. The summed E-state index contributed by atoms with van der Waals surface area (Å²) in [5.74, 6) is 5.55. The number of hydrogen-bond acceptors (Lipinski definition) is 3. The van der Waals surface area contributed by atoms with Crippen molar-refractivity contribution in [3.8, 4) is 11.8 Å². The minimum atomic E-state index is -0.179. The second kappa shape index (κ2) is 6.73. The molecule has 1 aromatic heterocycles. The maximum atomic E-state index is 12.3. The van der Waals surface area contributed by atoms with Crippen molar-refractivity contribution in [3.05, 3.63) is 47.3 Å². The first-order chi connectivity index (χ1) is 10.1. The van der Waals surface area contributed by atoms with E-state index in [-0.39, 0.29) is 5.91 Å². The summed E-state index contributed by atoms with van der Waals surface area (Å²) in [5.41, 5.74) is 8.24. The lowest BCUT2D eigenvalue weighted by molar-refractivity contribution is 0.101. The van der Waals surface area contributed by atoms with Gasteiger partial charge in [0.2, 0.25) is 0 Å². The van der Waals surface area contributed by atoms with Crippen molar-refractivity contribution in [1.29, 1.82) is 0 Å². The number of benzene rings is 1. The Morgan fingerprint density at radius 1 is 1.43 bits per heavy atom. The third kappa shape index (κ3) is 3.71. The lowest BCUT2D eigenvalue weighted by Crippen LogP contribution is -2.17. The molecular formula is C16H18N4O. The molecule has 1 amide bonds. The van der Waals surface area contributed by atoms with Crippen LogP contribution in [-0.4, -0.2) is 22.2 Å². The molecule has 0 saturated heterocycles. The van der Waals surface area contributed by atoms with Crippen LogP contribution in [0.5, 0.6) is 0 Å². The highest BCUT2D eigenvalue weighted by molar-refractivity contribution is 6.03. The third-order valence-electron chi connectivity index (χ3n) is 2.89. The zero-order valence-electron chi connectivity index (χ0n) is 12.2. The van der Waals surface area contributed by atoms with E-state index in [4.69, 9.17) is 5.73 Å². The largest absolute Gasteiger partial charge is 0.321 e. The van der Waals surface area contributed by atoms with Crippen molar-refractivity contribution in [1.82, 2.24) is 9.78 Å². The Bertz CT molecular complexity index is 707. The predicted octanol–water partition coefficient (Wildman–Crippen LogP) is 1.77. The Morgan fingerprint density at radius 2 is 2.24 bits per heavy atom. The van der Waals surface area contributed by atoms with Crippen molar-refractivity contribution in [3.63, 3.8) is 0 Å². The van der Waals surface area contributed by atoms with Gasteiger partial charge < -0.3 is 11.1 Å². The number of hydrogen-bond donors (Lipinski definition) is 2. The first kappa shape index (κ1) is 14.8. The summed E-state index contributed by atoms with van der Waals surface area (Å²) < 4.78 is 1.68. The summed E-state index contributed by atoms with van der Waals surface area (Å²) in [6.07, 6.45) is 0. The van der Waals surface area contributed by atoms with Crippen LogP contribution in [0.4, 0.5) is 5.69 Å². The number of amides is 1. The Balaban J connectivity index is 2.19. The monoisotopic (exact) mass is 282 g/mol. The highest BCUT2D eigenvalue weighted by Crippen LogP contribution is 2.12. The van der Waals surface area contributed by atoms with Crippen molar-refractivity contribution in [2.75, 3.05) is 11.9 Å². The lowest BCUT2D eigenvalue weighted by Gasteiger charge is -2.07. The van der Waals surface area contributed by atoms with Crippen LogP contribution in [0.3, 0.4) is 0 Å². The summed E-state index contributed by atoms with van der Waals surface area (Å²) >= 11 is 0. The number of nitrogens with zero attached hydrogens (tertiary/aromatic N) is 2. The van der Waals surface area contributed by atoms with Gasteiger partial charge in [-0.2, -0.15) is 5.10 Å². The van der Waals surface area contributed by atoms with Crippen LogP contribution < -0.4 is 11.1 Å². The van der Waals surface area contributed by atoms with E-state index in [0.29, 0.717) is 24.5 Å². The number of anilines is 1. The molecule has 21 heavy (non-hydrogen) atoms. The van der Waals surface area contributed by atoms with E-state index in [1.807, 2.05) is 38.1 Å². The average molecular weight is 282 g/mol. The van der Waals surface area contributed by atoms with Crippen LogP contribution in [0.15, 0.2) is 30.3 Å². The molecular weight excluding hydrogens is 264 g/mol. The van der Waals surface area contributed by atoms with E-state index in [2.05, 4.69) is 22.3 Å². The molecule has 0 unspecified atom stereocenters. The molecule has 5 heteroatoms. The van der Waals surface area contributed by atoms with Crippen LogP contribution in [0.2, 0.25) is 0 Å². The second-order valence-electron chi connectivity index (χ2n) is 4.53. The Labute approximate surface area is 124 Å². The van der Waals surface area contributed by atoms with Crippen LogP contribution in [0, 0.1) is 18.8 Å². The van der Waals surface area contributed by atoms with E-state index >= 15 is 0 Å². The maximum absolute atomic E-state index is 12.3. The minimum Gasteiger partial charge on any atom is -0.321 e. The highest BCUT2D eigenvalue weighted by atomic mass is 16.2. The number of carbonyl (C=O) groups excluding carboxylic acids is 1. The molecule has 5 nitrogen and oxygen atoms in total. The standard InChI is InChI=1S/C16H18N4O/c1-3-20-15(10-12(2)19-20)16(21)18-14-8-4-6-13(11-14)7-5-9-17/h4,6,8,10-11H,3,9,17H2,1-2H3,(H,18,21). The van der Waals surface area contributed by atoms with Crippen LogP contribution in [0.25, 0.3) is 0 Å². The molecule has 0 saturated carbocycles. The molecule has 108 valence electrons. The summed E-state index contributed by atoms with van der Waals surface area (Å²) in [6.45, 7) is 4.78.